The molecule has 0 atom stereocenters. The van der Waals surface area contributed by atoms with E-state index in [-0.39, 0.29) is 0 Å². The fraction of sp³-hybridized carbons (Fsp3) is 0.143. The minimum atomic E-state index is 0.764. The van der Waals surface area contributed by atoms with Crippen LogP contribution in [-0.4, -0.2) is 25.0 Å². The predicted octanol–water partition coefficient (Wildman–Crippen LogP) is 3.05. The third kappa shape index (κ3) is 2.46. The van der Waals surface area contributed by atoms with Crippen LogP contribution in [0.15, 0.2) is 47.2 Å². The maximum Gasteiger partial charge on any atom is 0.130 e. The summed E-state index contributed by atoms with van der Waals surface area (Å²) >= 11 is 3.42. The van der Waals surface area contributed by atoms with Gasteiger partial charge in [0.2, 0.25) is 0 Å². The first-order valence-electron chi connectivity index (χ1n) is 6.28. The molecule has 3 rings (SSSR count). The highest BCUT2D eigenvalue weighted by molar-refractivity contribution is 9.10. The Hall–Kier alpha value is -2.08. The normalized spacial score (nSPS) is 10.7. The van der Waals surface area contributed by atoms with Crippen molar-refractivity contribution in [1.29, 1.82) is 0 Å². The van der Waals surface area contributed by atoms with Crippen molar-refractivity contribution in [3.63, 3.8) is 0 Å². The highest BCUT2D eigenvalue weighted by Gasteiger charge is 2.12. The monoisotopic (exact) mass is 329 g/mol. The largest absolute Gasteiger partial charge is 0.231 e. The van der Waals surface area contributed by atoms with Gasteiger partial charge in [0, 0.05) is 6.42 Å². The maximum absolute atomic E-state index is 4.54. The van der Waals surface area contributed by atoms with Crippen molar-refractivity contribution in [2.24, 2.45) is 0 Å². The van der Waals surface area contributed by atoms with Gasteiger partial charge in [0.05, 0.1) is 17.6 Å². The predicted molar refractivity (Wildman–Crippen MR) is 79.5 cm³/mol. The molecule has 0 saturated heterocycles. The minimum absolute atomic E-state index is 0.764. The lowest BCUT2D eigenvalue weighted by Gasteiger charge is -2.07. The number of hydrogen-bond acceptors (Lipinski definition) is 4. The molecule has 2 heterocycles. The van der Waals surface area contributed by atoms with Crippen molar-refractivity contribution < 1.29 is 0 Å². The van der Waals surface area contributed by atoms with Gasteiger partial charge in [-0.3, -0.25) is 0 Å². The Morgan fingerprint density at radius 2 is 1.95 bits per heavy atom. The summed E-state index contributed by atoms with van der Waals surface area (Å²) in [7, 11) is 0. The van der Waals surface area contributed by atoms with Gasteiger partial charge >= 0.3 is 0 Å². The van der Waals surface area contributed by atoms with E-state index in [2.05, 4.69) is 36.2 Å². The Morgan fingerprint density at radius 3 is 2.70 bits per heavy atom. The van der Waals surface area contributed by atoms with Gasteiger partial charge in [0.1, 0.15) is 16.1 Å². The van der Waals surface area contributed by atoms with Crippen LogP contribution >= 0.6 is 15.9 Å². The first kappa shape index (κ1) is 12.9. The van der Waals surface area contributed by atoms with Crippen molar-refractivity contribution in [3.8, 4) is 17.1 Å². The van der Waals surface area contributed by atoms with Crippen LogP contribution in [-0.2, 0) is 6.42 Å². The van der Waals surface area contributed by atoms with Crippen molar-refractivity contribution in [2.75, 3.05) is 0 Å². The van der Waals surface area contributed by atoms with Crippen LogP contribution in [0.3, 0.4) is 0 Å². The van der Waals surface area contributed by atoms with E-state index in [1.807, 2.05) is 43.3 Å². The zero-order valence-corrected chi connectivity index (χ0v) is 12.4. The molecule has 0 aliphatic heterocycles. The number of aryl methyl sites for hydroxylation is 1. The van der Waals surface area contributed by atoms with Crippen LogP contribution in [0.1, 0.15) is 12.7 Å². The molecular weight excluding hydrogens is 318 g/mol. The zero-order valence-electron chi connectivity index (χ0n) is 10.9. The molecule has 5 nitrogen and oxygen atoms in total. The standard InChI is InChI=1S/C14H12BrN5/c1-2-14-17-11(8-13(15)18-14)12-9-16-19-20(12)10-6-4-3-5-7-10/h3-9H,2H2,1H3. The molecule has 0 radical (unpaired) electrons. The molecular formula is C14H12BrN5. The van der Waals surface area contributed by atoms with Crippen LogP contribution in [0, 0.1) is 0 Å². The molecule has 2 aromatic heterocycles. The van der Waals surface area contributed by atoms with Crippen LogP contribution < -0.4 is 0 Å². The summed E-state index contributed by atoms with van der Waals surface area (Å²) in [6.45, 7) is 2.03. The van der Waals surface area contributed by atoms with Gasteiger partial charge in [0.25, 0.3) is 0 Å². The molecule has 0 fully saturated rings. The van der Waals surface area contributed by atoms with Crippen molar-refractivity contribution in [1.82, 2.24) is 25.0 Å². The molecule has 3 aromatic rings. The van der Waals surface area contributed by atoms with Crippen LogP contribution in [0.4, 0.5) is 0 Å². The summed E-state index contributed by atoms with van der Waals surface area (Å²) in [6.07, 6.45) is 2.49. The number of hydrogen-bond donors (Lipinski definition) is 0. The highest BCUT2D eigenvalue weighted by Crippen LogP contribution is 2.22. The molecule has 0 amide bonds. The Labute approximate surface area is 124 Å². The second-order valence-corrected chi connectivity index (χ2v) is 5.02. The Balaban J connectivity index is 2.13. The average molecular weight is 330 g/mol. The summed E-state index contributed by atoms with van der Waals surface area (Å²) in [5, 5.41) is 8.14. The van der Waals surface area contributed by atoms with Crippen molar-refractivity contribution in [3.05, 3.63) is 53.0 Å². The summed E-state index contributed by atoms with van der Waals surface area (Å²) in [5.74, 6) is 0.787. The number of nitrogens with zero attached hydrogens (tertiary/aromatic N) is 5. The Morgan fingerprint density at radius 1 is 1.15 bits per heavy atom. The smallest absolute Gasteiger partial charge is 0.130 e. The van der Waals surface area contributed by atoms with E-state index in [4.69, 9.17) is 0 Å². The molecule has 0 N–H and O–H groups in total. The lowest BCUT2D eigenvalue weighted by Crippen LogP contribution is -2.02. The third-order valence-electron chi connectivity index (χ3n) is 2.87. The number of para-hydroxylation sites is 1. The molecule has 0 bridgehead atoms. The molecule has 0 aliphatic rings. The maximum atomic E-state index is 4.54. The lowest BCUT2D eigenvalue weighted by atomic mass is 10.2. The van der Waals surface area contributed by atoms with Crippen LogP contribution in [0.2, 0.25) is 0 Å². The number of rotatable bonds is 3. The van der Waals surface area contributed by atoms with Gasteiger partial charge in [-0.15, -0.1) is 5.10 Å². The molecule has 1 aromatic carbocycles. The molecule has 20 heavy (non-hydrogen) atoms. The Kier molecular flexibility index (Phi) is 3.56. The fourth-order valence-electron chi connectivity index (χ4n) is 1.92. The number of halogens is 1. The van der Waals surface area contributed by atoms with Gasteiger partial charge in [-0.05, 0) is 34.1 Å². The van der Waals surface area contributed by atoms with Crippen LogP contribution in [0.25, 0.3) is 17.1 Å². The third-order valence-corrected chi connectivity index (χ3v) is 3.28. The van der Waals surface area contributed by atoms with Gasteiger partial charge < -0.3 is 0 Å². The van der Waals surface area contributed by atoms with E-state index >= 15 is 0 Å². The molecule has 0 spiro atoms. The van der Waals surface area contributed by atoms with E-state index in [0.717, 1.165) is 33.9 Å². The summed E-state index contributed by atoms with van der Waals surface area (Å²) in [6, 6.07) is 11.7. The number of aromatic nitrogens is 5. The first-order valence-corrected chi connectivity index (χ1v) is 7.07. The average Bonchev–Trinajstić information content (AvgIpc) is 2.97. The van der Waals surface area contributed by atoms with Gasteiger partial charge in [0.15, 0.2) is 0 Å². The quantitative estimate of drug-likeness (QED) is 0.693. The van der Waals surface area contributed by atoms with Crippen LogP contribution in [0.5, 0.6) is 0 Å². The van der Waals surface area contributed by atoms with Gasteiger partial charge in [-0.2, -0.15) is 0 Å². The van der Waals surface area contributed by atoms with E-state index in [0.29, 0.717) is 0 Å². The van der Waals surface area contributed by atoms with E-state index in [9.17, 15) is 0 Å². The lowest BCUT2D eigenvalue weighted by molar-refractivity contribution is 0.804. The summed E-state index contributed by atoms with van der Waals surface area (Å²) in [4.78, 5) is 8.86. The molecule has 6 heteroatoms. The fourth-order valence-corrected chi connectivity index (χ4v) is 2.35. The SMILES string of the molecule is CCc1nc(Br)cc(-c2cnnn2-c2ccccc2)n1. The van der Waals surface area contributed by atoms with E-state index in [1.54, 1.807) is 10.9 Å². The zero-order chi connectivity index (χ0) is 13.9. The molecule has 0 saturated carbocycles. The topological polar surface area (TPSA) is 56.5 Å². The van der Waals surface area contributed by atoms with Crippen molar-refractivity contribution in [2.45, 2.75) is 13.3 Å². The van der Waals surface area contributed by atoms with E-state index < -0.39 is 0 Å². The van der Waals surface area contributed by atoms with Gasteiger partial charge in [-0.25, -0.2) is 14.6 Å². The Bertz CT molecular complexity index is 723. The second-order valence-electron chi connectivity index (χ2n) is 4.21. The summed E-state index contributed by atoms with van der Waals surface area (Å²) < 4.78 is 2.54. The van der Waals surface area contributed by atoms with Gasteiger partial charge in [-0.1, -0.05) is 30.3 Å². The molecule has 0 unspecified atom stereocenters. The highest BCUT2D eigenvalue weighted by atomic mass is 79.9. The molecule has 0 aliphatic carbocycles. The second kappa shape index (κ2) is 5.50. The van der Waals surface area contributed by atoms with E-state index in [1.165, 1.54) is 0 Å². The number of benzene rings is 1. The summed E-state index contributed by atoms with van der Waals surface area (Å²) in [5.41, 5.74) is 2.60. The molecule has 100 valence electrons. The minimum Gasteiger partial charge on any atom is -0.231 e. The van der Waals surface area contributed by atoms with Crippen molar-refractivity contribution >= 4 is 15.9 Å². The first-order chi connectivity index (χ1) is 9.78.